The van der Waals surface area contributed by atoms with Crippen LogP contribution in [0.25, 0.3) is 5.69 Å². The third kappa shape index (κ3) is 4.34. The van der Waals surface area contributed by atoms with E-state index in [-0.39, 0.29) is 11.2 Å². The Morgan fingerprint density at radius 2 is 1.92 bits per heavy atom. The first-order valence-electron chi connectivity index (χ1n) is 7.84. The van der Waals surface area contributed by atoms with E-state index in [9.17, 15) is 4.79 Å². The van der Waals surface area contributed by atoms with Gasteiger partial charge in [0.1, 0.15) is 0 Å². The molecule has 1 heterocycles. The Kier molecular flexibility index (Phi) is 5.76. The Labute approximate surface area is 164 Å². The molecule has 1 amide bonds. The number of hydrogen-bond donors (Lipinski definition) is 1. The van der Waals surface area contributed by atoms with Crippen LogP contribution in [-0.2, 0) is 4.79 Å². The number of hydrogen-bond acceptors (Lipinski definition) is 4. The summed E-state index contributed by atoms with van der Waals surface area (Å²) in [5.74, 6) is -0.120. The number of anilines is 1. The Morgan fingerprint density at radius 3 is 2.58 bits per heavy atom. The van der Waals surface area contributed by atoms with Crippen molar-refractivity contribution in [1.29, 1.82) is 5.26 Å². The molecule has 0 fully saturated rings. The van der Waals surface area contributed by atoms with Crippen LogP contribution in [-0.4, -0.2) is 20.7 Å². The van der Waals surface area contributed by atoms with Crippen LogP contribution in [0.1, 0.15) is 12.5 Å². The van der Waals surface area contributed by atoms with Crippen molar-refractivity contribution < 1.29 is 4.79 Å². The van der Waals surface area contributed by atoms with Gasteiger partial charge in [-0.05, 0) is 55.5 Å². The minimum atomic E-state index is -0.331. The highest BCUT2D eigenvalue weighted by Gasteiger charge is 2.18. The summed E-state index contributed by atoms with van der Waals surface area (Å²) < 4.78 is 2.95. The minimum absolute atomic E-state index is 0.120. The normalized spacial score (nSPS) is 11.6. The number of nitriles is 1. The summed E-state index contributed by atoms with van der Waals surface area (Å²) in [7, 11) is 0. The van der Waals surface area contributed by atoms with Gasteiger partial charge in [-0.1, -0.05) is 27.7 Å². The molecule has 0 saturated carbocycles. The molecule has 1 unspecified atom stereocenters. The smallest absolute Gasteiger partial charge is 0.237 e. The summed E-state index contributed by atoms with van der Waals surface area (Å²) in [5, 5.41) is 12.1. The number of rotatable bonds is 5. The van der Waals surface area contributed by atoms with E-state index in [1.54, 1.807) is 30.5 Å². The van der Waals surface area contributed by atoms with Crippen molar-refractivity contribution in [3.63, 3.8) is 0 Å². The first-order valence-corrected chi connectivity index (χ1v) is 9.51. The second-order valence-corrected chi connectivity index (χ2v) is 7.72. The maximum absolute atomic E-state index is 12.4. The van der Waals surface area contributed by atoms with E-state index in [1.807, 2.05) is 42.0 Å². The van der Waals surface area contributed by atoms with Crippen molar-refractivity contribution >= 4 is 39.3 Å². The maximum Gasteiger partial charge on any atom is 0.237 e. The molecule has 0 aliphatic carbocycles. The lowest BCUT2D eigenvalue weighted by Crippen LogP contribution is -2.22. The number of carbonyl (C=O) groups is 1. The number of halogens is 1. The molecule has 0 spiro atoms. The van der Waals surface area contributed by atoms with Crippen molar-refractivity contribution in [3.05, 3.63) is 71.0 Å². The molecule has 0 bridgehead atoms. The number of imidazole rings is 1. The fourth-order valence-corrected chi connectivity index (χ4v) is 3.41. The van der Waals surface area contributed by atoms with Gasteiger partial charge < -0.3 is 5.32 Å². The van der Waals surface area contributed by atoms with E-state index in [0.29, 0.717) is 11.3 Å². The molecule has 130 valence electrons. The van der Waals surface area contributed by atoms with Gasteiger partial charge in [0.15, 0.2) is 5.16 Å². The first-order chi connectivity index (χ1) is 12.6. The summed E-state index contributed by atoms with van der Waals surface area (Å²) in [6.07, 6.45) is 3.59. The standard InChI is InChI=1S/C19H15BrN4OS/c1-13(18(25)23-16-6-2-14(12-21)3-7-16)26-19-22-10-11-24(19)17-8-4-15(20)5-9-17/h2-11,13H,1H3,(H,23,25). The van der Waals surface area contributed by atoms with Crippen molar-refractivity contribution in [3.8, 4) is 11.8 Å². The van der Waals surface area contributed by atoms with E-state index in [1.165, 1.54) is 11.8 Å². The van der Waals surface area contributed by atoms with Gasteiger partial charge in [-0.25, -0.2) is 4.98 Å². The summed E-state index contributed by atoms with van der Waals surface area (Å²) >= 11 is 4.81. The molecule has 1 aromatic heterocycles. The zero-order valence-corrected chi connectivity index (χ0v) is 16.3. The first kappa shape index (κ1) is 18.2. The molecule has 26 heavy (non-hydrogen) atoms. The second kappa shape index (κ2) is 8.21. The Bertz CT molecular complexity index is 945. The van der Waals surface area contributed by atoms with Crippen molar-refractivity contribution in [2.45, 2.75) is 17.3 Å². The van der Waals surface area contributed by atoms with Crippen LogP contribution in [0.2, 0.25) is 0 Å². The highest BCUT2D eigenvalue weighted by molar-refractivity contribution is 9.10. The van der Waals surface area contributed by atoms with E-state index in [0.717, 1.165) is 15.3 Å². The highest BCUT2D eigenvalue weighted by atomic mass is 79.9. The number of nitrogens with zero attached hydrogens (tertiary/aromatic N) is 3. The predicted molar refractivity (Wildman–Crippen MR) is 106 cm³/mol. The molecule has 5 nitrogen and oxygen atoms in total. The molecule has 0 saturated heterocycles. The number of amides is 1. The maximum atomic E-state index is 12.4. The van der Waals surface area contributed by atoms with E-state index in [2.05, 4.69) is 32.3 Å². The van der Waals surface area contributed by atoms with Crippen LogP contribution < -0.4 is 5.32 Å². The van der Waals surface area contributed by atoms with Gasteiger partial charge in [0.2, 0.25) is 5.91 Å². The molecule has 2 aromatic carbocycles. The van der Waals surface area contributed by atoms with Gasteiger partial charge in [-0.3, -0.25) is 9.36 Å². The van der Waals surface area contributed by atoms with Crippen LogP contribution in [0.5, 0.6) is 0 Å². The zero-order valence-electron chi connectivity index (χ0n) is 13.9. The van der Waals surface area contributed by atoms with Gasteiger partial charge in [0.05, 0.1) is 16.9 Å². The Balaban J connectivity index is 1.69. The SMILES string of the molecule is CC(Sc1nccn1-c1ccc(Br)cc1)C(=O)Nc1ccc(C#N)cc1. The number of carbonyl (C=O) groups excluding carboxylic acids is 1. The average Bonchev–Trinajstić information content (AvgIpc) is 3.11. The Morgan fingerprint density at radius 1 is 1.23 bits per heavy atom. The van der Waals surface area contributed by atoms with Crippen molar-refractivity contribution in [1.82, 2.24) is 9.55 Å². The molecule has 3 aromatic rings. The van der Waals surface area contributed by atoms with Crippen LogP contribution in [0.4, 0.5) is 5.69 Å². The third-order valence-electron chi connectivity index (χ3n) is 3.64. The molecular weight excluding hydrogens is 412 g/mol. The molecular formula is C19H15BrN4OS. The minimum Gasteiger partial charge on any atom is -0.325 e. The zero-order chi connectivity index (χ0) is 18.5. The summed E-state index contributed by atoms with van der Waals surface area (Å²) in [6.45, 7) is 1.84. The van der Waals surface area contributed by atoms with E-state index < -0.39 is 0 Å². The van der Waals surface area contributed by atoms with Crippen molar-refractivity contribution in [2.24, 2.45) is 0 Å². The number of benzene rings is 2. The lowest BCUT2D eigenvalue weighted by molar-refractivity contribution is -0.115. The van der Waals surface area contributed by atoms with Gasteiger partial charge in [0.25, 0.3) is 0 Å². The largest absolute Gasteiger partial charge is 0.325 e. The molecule has 1 atom stereocenters. The average molecular weight is 427 g/mol. The summed E-state index contributed by atoms with van der Waals surface area (Å²) in [5.41, 5.74) is 2.20. The number of thioether (sulfide) groups is 1. The summed E-state index contributed by atoms with van der Waals surface area (Å²) in [4.78, 5) is 16.8. The molecule has 0 aliphatic rings. The molecule has 0 radical (unpaired) electrons. The van der Waals surface area contributed by atoms with Crippen LogP contribution in [0, 0.1) is 11.3 Å². The van der Waals surface area contributed by atoms with Gasteiger partial charge >= 0.3 is 0 Å². The quantitative estimate of drug-likeness (QED) is 0.603. The fourth-order valence-electron chi connectivity index (χ4n) is 2.26. The van der Waals surface area contributed by atoms with Gasteiger partial charge in [-0.2, -0.15) is 5.26 Å². The third-order valence-corrected chi connectivity index (χ3v) is 5.25. The van der Waals surface area contributed by atoms with Crippen molar-refractivity contribution in [2.75, 3.05) is 5.32 Å². The monoisotopic (exact) mass is 426 g/mol. The van der Waals surface area contributed by atoms with Crippen LogP contribution in [0.15, 0.2) is 70.6 Å². The number of nitrogens with one attached hydrogen (secondary N) is 1. The van der Waals surface area contributed by atoms with Gasteiger partial charge in [0, 0.05) is 28.2 Å². The molecule has 0 aliphatic heterocycles. The molecule has 1 N–H and O–H groups in total. The van der Waals surface area contributed by atoms with Gasteiger partial charge in [-0.15, -0.1) is 0 Å². The highest BCUT2D eigenvalue weighted by Crippen LogP contribution is 2.26. The number of aromatic nitrogens is 2. The molecule has 7 heteroatoms. The summed E-state index contributed by atoms with van der Waals surface area (Å²) in [6, 6.07) is 16.7. The second-order valence-electron chi connectivity index (χ2n) is 5.49. The lowest BCUT2D eigenvalue weighted by atomic mass is 10.2. The molecule has 3 rings (SSSR count). The van der Waals surface area contributed by atoms with E-state index >= 15 is 0 Å². The Hall–Kier alpha value is -2.56. The van der Waals surface area contributed by atoms with Crippen LogP contribution >= 0.6 is 27.7 Å². The predicted octanol–water partition coefficient (Wildman–Crippen LogP) is 4.63. The topological polar surface area (TPSA) is 70.7 Å². The fraction of sp³-hybridized carbons (Fsp3) is 0.105. The van der Waals surface area contributed by atoms with Crippen LogP contribution in [0.3, 0.4) is 0 Å². The lowest BCUT2D eigenvalue weighted by Gasteiger charge is -2.13. The van der Waals surface area contributed by atoms with E-state index in [4.69, 9.17) is 5.26 Å².